The Morgan fingerprint density at radius 3 is 2.69 bits per heavy atom. The van der Waals surface area contributed by atoms with Gasteiger partial charge in [-0.2, -0.15) is 0 Å². The molecule has 4 rings (SSSR count). The lowest BCUT2D eigenvalue weighted by molar-refractivity contribution is -0.113. The Morgan fingerprint density at radius 2 is 1.85 bits per heavy atom. The van der Waals surface area contributed by atoms with Gasteiger partial charge in [-0.15, -0.1) is 11.6 Å². The van der Waals surface area contributed by atoms with E-state index in [2.05, 4.69) is 10.6 Å². The summed E-state index contributed by atoms with van der Waals surface area (Å²) in [7, 11) is 0. The zero-order valence-electron chi connectivity index (χ0n) is 13.4. The number of para-hydroxylation sites is 1. The second kappa shape index (κ2) is 6.61. The Kier molecular flexibility index (Phi) is 4.14. The summed E-state index contributed by atoms with van der Waals surface area (Å²) >= 11 is 5.57. The van der Waals surface area contributed by atoms with Crippen LogP contribution in [0.4, 0.5) is 11.4 Å². The van der Waals surface area contributed by atoms with Crippen LogP contribution in [-0.2, 0) is 4.79 Å². The van der Waals surface area contributed by atoms with Crippen LogP contribution in [0.3, 0.4) is 0 Å². The molecule has 0 bridgehead atoms. The quantitative estimate of drug-likeness (QED) is 0.683. The molecule has 26 heavy (non-hydrogen) atoms. The molecule has 7 nitrogen and oxygen atoms in total. The van der Waals surface area contributed by atoms with Crippen molar-refractivity contribution in [3.63, 3.8) is 0 Å². The average Bonchev–Trinajstić information content (AvgIpc) is 3.26. The summed E-state index contributed by atoms with van der Waals surface area (Å²) in [4.78, 5) is 24.5. The van der Waals surface area contributed by atoms with Crippen LogP contribution in [0.1, 0.15) is 10.6 Å². The molecule has 0 unspecified atom stereocenters. The van der Waals surface area contributed by atoms with Gasteiger partial charge in [-0.3, -0.25) is 9.59 Å². The van der Waals surface area contributed by atoms with Gasteiger partial charge in [0.05, 0.1) is 0 Å². The predicted molar refractivity (Wildman–Crippen MR) is 96.1 cm³/mol. The molecule has 0 saturated heterocycles. The van der Waals surface area contributed by atoms with Crippen molar-refractivity contribution in [3.8, 4) is 11.5 Å². The van der Waals surface area contributed by atoms with E-state index < -0.39 is 11.8 Å². The highest BCUT2D eigenvalue weighted by atomic mass is 35.5. The highest BCUT2D eigenvalue weighted by Crippen LogP contribution is 2.35. The fourth-order valence-electron chi connectivity index (χ4n) is 2.66. The van der Waals surface area contributed by atoms with Crippen LogP contribution in [0.5, 0.6) is 11.5 Å². The van der Waals surface area contributed by atoms with E-state index in [0.29, 0.717) is 28.2 Å². The van der Waals surface area contributed by atoms with Crippen LogP contribution in [-0.4, -0.2) is 24.5 Å². The molecule has 2 amide bonds. The van der Waals surface area contributed by atoms with Gasteiger partial charge in [-0.1, -0.05) is 12.1 Å². The van der Waals surface area contributed by atoms with Crippen molar-refractivity contribution in [2.24, 2.45) is 0 Å². The van der Waals surface area contributed by atoms with Gasteiger partial charge in [-0.05, 0) is 24.3 Å². The highest BCUT2D eigenvalue weighted by Gasteiger charge is 2.23. The number of nitrogens with one attached hydrogen (secondary N) is 2. The van der Waals surface area contributed by atoms with Crippen LogP contribution in [0, 0.1) is 0 Å². The lowest BCUT2D eigenvalue weighted by Crippen LogP contribution is -2.17. The second-order valence-corrected chi connectivity index (χ2v) is 5.77. The minimum atomic E-state index is -0.509. The summed E-state index contributed by atoms with van der Waals surface area (Å²) in [5.41, 5.74) is 1.27. The van der Waals surface area contributed by atoms with Crippen molar-refractivity contribution in [3.05, 3.63) is 48.2 Å². The summed E-state index contributed by atoms with van der Waals surface area (Å²) in [6, 6.07) is 12.1. The van der Waals surface area contributed by atoms with Gasteiger partial charge in [0.2, 0.25) is 18.5 Å². The van der Waals surface area contributed by atoms with Gasteiger partial charge >= 0.3 is 0 Å². The maximum Gasteiger partial charge on any atom is 0.293 e. The molecular formula is C18H13ClN2O5. The molecule has 2 N–H and O–H groups in total. The number of ether oxygens (including phenoxy) is 2. The lowest BCUT2D eigenvalue weighted by Gasteiger charge is -2.07. The number of amides is 2. The molecule has 1 aliphatic rings. The van der Waals surface area contributed by atoms with Gasteiger partial charge in [0.25, 0.3) is 5.91 Å². The molecule has 0 atom stereocenters. The molecule has 8 heteroatoms. The fourth-order valence-corrected chi connectivity index (χ4v) is 2.73. The number of benzene rings is 2. The zero-order chi connectivity index (χ0) is 18.1. The Bertz CT molecular complexity index is 1010. The van der Waals surface area contributed by atoms with E-state index >= 15 is 0 Å². The minimum absolute atomic E-state index is 0.0117. The number of anilines is 2. The number of halogens is 1. The molecule has 2 heterocycles. The first-order valence-electron chi connectivity index (χ1n) is 7.74. The number of rotatable bonds is 4. The summed E-state index contributed by atoms with van der Waals surface area (Å²) < 4.78 is 16.2. The average molecular weight is 373 g/mol. The van der Waals surface area contributed by atoms with E-state index in [1.807, 2.05) is 0 Å². The molecule has 0 radical (unpaired) electrons. The third kappa shape index (κ3) is 2.93. The van der Waals surface area contributed by atoms with Crippen molar-refractivity contribution in [1.82, 2.24) is 0 Å². The Labute approximate surface area is 152 Å². The first-order chi connectivity index (χ1) is 12.7. The van der Waals surface area contributed by atoms with Crippen molar-refractivity contribution < 1.29 is 23.5 Å². The molecule has 0 aliphatic carbocycles. The van der Waals surface area contributed by atoms with Crippen LogP contribution < -0.4 is 20.1 Å². The van der Waals surface area contributed by atoms with Gasteiger partial charge in [0, 0.05) is 17.1 Å². The number of fused-ring (bicyclic) bond motifs is 2. The first-order valence-corrected chi connectivity index (χ1v) is 8.27. The number of hydrogen-bond acceptors (Lipinski definition) is 5. The molecule has 1 aliphatic heterocycles. The van der Waals surface area contributed by atoms with Crippen LogP contribution in [0.25, 0.3) is 11.0 Å². The standard InChI is InChI=1S/C18H13ClN2O5/c19-8-15(22)21-16-11-3-1-2-4-12(11)26-17(16)18(23)20-10-5-6-13-14(7-10)25-9-24-13/h1-7H,8-9H2,(H,20,23)(H,21,22). The SMILES string of the molecule is O=C(CCl)Nc1c(C(=O)Nc2ccc3c(c2)OCO3)oc2ccccc12. The number of alkyl halides is 1. The predicted octanol–water partition coefficient (Wildman–Crippen LogP) is 3.59. The minimum Gasteiger partial charge on any atom is -0.454 e. The molecule has 3 aromatic rings. The smallest absolute Gasteiger partial charge is 0.293 e. The normalized spacial score (nSPS) is 12.2. The van der Waals surface area contributed by atoms with Gasteiger partial charge in [0.15, 0.2) is 11.5 Å². The third-order valence-electron chi connectivity index (χ3n) is 3.82. The van der Waals surface area contributed by atoms with E-state index in [9.17, 15) is 9.59 Å². The van der Waals surface area contributed by atoms with Gasteiger partial charge in [-0.25, -0.2) is 0 Å². The number of carbonyl (C=O) groups is 2. The molecular weight excluding hydrogens is 360 g/mol. The molecule has 1 aromatic heterocycles. The monoisotopic (exact) mass is 372 g/mol. The van der Waals surface area contributed by atoms with Gasteiger partial charge in [0.1, 0.15) is 17.2 Å². The maximum absolute atomic E-state index is 12.7. The number of furan rings is 1. The molecule has 0 spiro atoms. The van der Waals surface area contributed by atoms with E-state index in [0.717, 1.165) is 0 Å². The number of carbonyl (C=O) groups excluding carboxylic acids is 2. The topological polar surface area (TPSA) is 89.8 Å². The van der Waals surface area contributed by atoms with Crippen molar-refractivity contribution in [2.45, 2.75) is 0 Å². The summed E-state index contributed by atoms with van der Waals surface area (Å²) in [6.07, 6.45) is 0. The maximum atomic E-state index is 12.7. The van der Waals surface area contributed by atoms with Crippen molar-refractivity contribution >= 4 is 45.8 Å². The molecule has 132 valence electrons. The van der Waals surface area contributed by atoms with E-state index in [1.54, 1.807) is 42.5 Å². The Morgan fingerprint density at radius 1 is 1.04 bits per heavy atom. The molecule has 2 aromatic carbocycles. The summed E-state index contributed by atoms with van der Waals surface area (Å²) in [5.74, 6) is -0.0320. The van der Waals surface area contributed by atoms with Crippen LogP contribution in [0.2, 0.25) is 0 Å². The van der Waals surface area contributed by atoms with E-state index in [1.165, 1.54) is 0 Å². The largest absolute Gasteiger partial charge is 0.454 e. The van der Waals surface area contributed by atoms with Gasteiger partial charge < -0.3 is 24.5 Å². The highest BCUT2D eigenvalue weighted by molar-refractivity contribution is 6.30. The summed E-state index contributed by atoms with van der Waals surface area (Å²) in [6.45, 7) is 0.144. The Balaban J connectivity index is 1.67. The zero-order valence-corrected chi connectivity index (χ0v) is 14.1. The van der Waals surface area contributed by atoms with E-state index in [4.69, 9.17) is 25.5 Å². The third-order valence-corrected chi connectivity index (χ3v) is 4.06. The lowest BCUT2D eigenvalue weighted by atomic mass is 10.2. The summed E-state index contributed by atoms with van der Waals surface area (Å²) in [5, 5.41) is 5.96. The van der Waals surface area contributed by atoms with Crippen molar-refractivity contribution in [1.29, 1.82) is 0 Å². The number of hydrogen-bond donors (Lipinski definition) is 2. The van der Waals surface area contributed by atoms with E-state index in [-0.39, 0.29) is 24.1 Å². The van der Waals surface area contributed by atoms with Crippen LogP contribution in [0.15, 0.2) is 46.9 Å². The van der Waals surface area contributed by atoms with Crippen molar-refractivity contribution in [2.75, 3.05) is 23.3 Å². The first kappa shape index (κ1) is 16.3. The Hall–Kier alpha value is -3.19. The second-order valence-electron chi connectivity index (χ2n) is 5.51. The van der Waals surface area contributed by atoms with Crippen LogP contribution >= 0.6 is 11.6 Å². The molecule has 0 fully saturated rings. The molecule has 0 saturated carbocycles. The fraction of sp³-hybridized carbons (Fsp3) is 0.111.